The van der Waals surface area contributed by atoms with E-state index in [0.717, 1.165) is 25.1 Å². The van der Waals surface area contributed by atoms with E-state index in [-0.39, 0.29) is 36.1 Å². The van der Waals surface area contributed by atoms with Gasteiger partial charge in [0.05, 0.1) is 12.2 Å². The molecule has 8 nitrogen and oxygen atoms in total. The van der Waals surface area contributed by atoms with Gasteiger partial charge in [0.1, 0.15) is 18.0 Å². The van der Waals surface area contributed by atoms with E-state index in [9.17, 15) is 9.18 Å². The summed E-state index contributed by atoms with van der Waals surface area (Å²) in [6.07, 6.45) is 1.85. The zero-order valence-corrected chi connectivity index (χ0v) is 16.2. The Morgan fingerprint density at radius 2 is 2.32 bits per heavy atom. The quantitative estimate of drug-likeness (QED) is 0.540. The van der Waals surface area contributed by atoms with E-state index in [0.29, 0.717) is 26.1 Å². The number of hydrogen-bond donors (Lipinski definition) is 4. The summed E-state index contributed by atoms with van der Waals surface area (Å²) in [5.74, 6) is -0.276. The van der Waals surface area contributed by atoms with E-state index in [2.05, 4.69) is 33.5 Å². The molecule has 0 saturated carbocycles. The zero-order chi connectivity index (χ0) is 19.5. The molecular formula is C19H29FN6O2. The van der Waals surface area contributed by atoms with Gasteiger partial charge in [0.25, 0.3) is 0 Å². The van der Waals surface area contributed by atoms with E-state index in [1.807, 2.05) is 11.1 Å². The van der Waals surface area contributed by atoms with Gasteiger partial charge < -0.3 is 5.32 Å². The third-order valence-corrected chi connectivity index (χ3v) is 5.63. The van der Waals surface area contributed by atoms with Crippen LogP contribution in [0.3, 0.4) is 0 Å². The molecule has 3 aliphatic rings. The van der Waals surface area contributed by atoms with Crippen LogP contribution >= 0.6 is 0 Å². The topological polar surface area (TPSA) is 80.9 Å². The molecule has 28 heavy (non-hydrogen) atoms. The standard InChI is InChI=1S/C19H29FN6O2/c1-25-7-3-6-21-18(25)17-9-16(24-28-17)19(27)23-15-10-22-26(12-15)11-13-4-2-5-14(20)8-13/h2,4-5,8,15-18,21-22,24H,3,6-7,9-12H2,1H3,(H,23,27). The highest BCUT2D eigenvalue weighted by Crippen LogP contribution is 2.19. The third-order valence-electron chi connectivity index (χ3n) is 5.63. The van der Waals surface area contributed by atoms with E-state index in [1.165, 1.54) is 12.1 Å². The number of halogens is 1. The van der Waals surface area contributed by atoms with E-state index in [1.54, 1.807) is 6.07 Å². The lowest BCUT2D eigenvalue weighted by molar-refractivity contribution is -0.125. The van der Waals surface area contributed by atoms with Crippen molar-refractivity contribution in [1.82, 2.24) is 31.4 Å². The molecule has 0 spiro atoms. The molecule has 154 valence electrons. The summed E-state index contributed by atoms with van der Waals surface area (Å²) in [5.41, 5.74) is 7.07. The number of carbonyl (C=O) groups is 1. The van der Waals surface area contributed by atoms with Crippen molar-refractivity contribution < 1.29 is 14.0 Å². The van der Waals surface area contributed by atoms with Crippen LogP contribution in [0.2, 0.25) is 0 Å². The first-order chi connectivity index (χ1) is 13.6. The van der Waals surface area contributed by atoms with Crippen LogP contribution < -0.4 is 21.5 Å². The normalized spacial score (nSPS) is 31.9. The number of nitrogens with one attached hydrogen (secondary N) is 4. The van der Waals surface area contributed by atoms with Crippen molar-refractivity contribution in [2.24, 2.45) is 0 Å². The van der Waals surface area contributed by atoms with Crippen molar-refractivity contribution in [2.45, 2.75) is 43.7 Å². The van der Waals surface area contributed by atoms with Gasteiger partial charge >= 0.3 is 0 Å². The Morgan fingerprint density at radius 1 is 1.43 bits per heavy atom. The largest absolute Gasteiger partial charge is 0.349 e. The van der Waals surface area contributed by atoms with E-state index < -0.39 is 0 Å². The highest BCUT2D eigenvalue weighted by atomic mass is 19.1. The van der Waals surface area contributed by atoms with Gasteiger partial charge in [0.2, 0.25) is 5.91 Å². The van der Waals surface area contributed by atoms with Gasteiger partial charge in [-0.15, -0.1) is 0 Å². The minimum atomic E-state index is -0.348. The molecule has 0 radical (unpaired) electrons. The maximum atomic E-state index is 13.3. The predicted octanol–water partition coefficient (Wildman–Crippen LogP) is -0.456. The molecule has 4 rings (SSSR count). The van der Waals surface area contributed by atoms with Gasteiger partial charge in [-0.05, 0) is 37.7 Å². The van der Waals surface area contributed by atoms with Crippen LogP contribution in [0.5, 0.6) is 0 Å². The molecule has 1 aromatic carbocycles. The van der Waals surface area contributed by atoms with Crippen molar-refractivity contribution >= 4 is 5.91 Å². The second kappa shape index (κ2) is 8.81. The molecule has 0 aromatic heterocycles. The van der Waals surface area contributed by atoms with E-state index >= 15 is 0 Å². The molecule has 9 heteroatoms. The van der Waals surface area contributed by atoms with Crippen molar-refractivity contribution in [1.29, 1.82) is 0 Å². The van der Waals surface area contributed by atoms with Crippen LogP contribution in [-0.2, 0) is 16.2 Å². The molecule has 3 saturated heterocycles. The number of amides is 1. The molecule has 3 aliphatic heterocycles. The smallest absolute Gasteiger partial charge is 0.239 e. The first-order valence-electron chi connectivity index (χ1n) is 9.96. The minimum Gasteiger partial charge on any atom is -0.349 e. The molecule has 3 fully saturated rings. The first kappa shape index (κ1) is 19.7. The molecule has 1 aromatic rings. The SMILES string of the molecule is CN1CCCNC1C1CC(C(=O)NC2CNN(Cc3cccc(F)c3)C2)NO1. The Morgan fingerprint density at radius 3 is 3.14 bits per heavy atom. The summed E-state index contributed by atoms with van der Waals surface area (Å²) >= 11 is 0. The van der Waals surface area contributed by atoms with Gasteiger partial charge in [-0.25, -0.2) is 9.40 Å². The number of hydrogen-bond acceptors (Lipinski definition) is 7. The number of nitrogens with zero attached hydrogens (tertiary/aromatic N) is 2. The Kier molecular flexibility index (Phi) is 6.19. The predicted molar refractivity (Wildman–Crippen MR) is 102 cm³/mol. The summed E-state index contributed by atoms with van der Waals surface area (Å²) in [6.45, 7) is 3.93. The number of benzene rings is 1. The maximum absolute atomic E-state index is 13.3. The summed E-state index contributed by atoms with van der Waals surface area (Å²) < 4.78 is 13.3. The number of likely N-dealkylation sites (N-methyl/N-ethyl adjacent to an activating group) is 1. The fourth-order valence-electron chi connectivity index (χ4n) is 4.15. The van der Waals surface area contributed by atoms with Crippen molar-refractivity contribution in [2.75, 3.05) is 33.2 Å². The third kappa shape index (κ3) is 4.68. The van der Waals surface area contributed by atoms with Gasteiger partial charge in [-0.1, -0.05) is 12.1 Å². The fraction of sp³-hybridized carbons (Fsp3) is 0.632. The van der Waals surface area contributed by atoms with Crippen molar-refractivity contribution in [3.8, 4) is 0 Å². The van der Waals surface area contributed by atoms with Crippen LogP contribution in [0.15, 0.2) is 24.3 Å². The lowest BCUT2D eigenvalue weighted by Gasteiger charge is -2.36. The van der Waals surface area contributed by atoms with Crippen LogP contribution in [0.25, 0.3) is 0 Å². The number of carbonyl (C=O) groups excluding carboxylic acids is 1. The van der Waals surface area contributed by atoms with Crippen molar-refractivity contribution in [3.63, 3.8) is 0 Å². The van der Waals surface area contributed by atoms with Crippen LogP contribution in [0, 0.1) is 5.82 Å². The molecule has 0 bridgehead atoms. The monoisotopic (exact) mass is 392 g/mol. The second-order valence-electron chi connectivity index (χ2n) is 7.87. The summed E-state index contributed by atoms with van der Waals surface area (Å²) in [5, 5.41) is 8.55. The van der Waals surface area contributed by atoms with Crippen molar-refractivity contribution in [3.05, 3.63) is 35.6 Å². The molecule has 4 atom stereocenters. The Hall–Kier alpha value is -1.62. The zero-order valence-electron chi connectivity index (χ0n) is 16.2. The van der Waals surface area contributed by atoms with E-state index in [4.69, 9.17) is 4.84 Å². The van der Waals surface area contributed by atoms with Crippen LogP contribution in [-0.4, -0.2) is 73.4 Å². The lowest BCUT2D eigenvalue weighted by Crippen LogP contribution is -2.55. The average Bonchev–Trinajstić information content (AvgIpc) is 3.32. The molecule has 4 unspecified atom stereocenters. The lowest BCUT2D eigenvalue weighted by atomic mass is 10.1. The molecule has 3 heterocycles. The van der Waals surface area contributed by atoms with Gasteiger partial charge in [-0.3, -0.25) is 25.3 Å². The molecule has 1 amide bonds. The van der Waals surface area contributed by atoms with Gasteiger partial charge in [-0.2, -0.15) is 5.48 Å². The number of hydroxylamine groups is 1. The summed E-state index contributed by atoms with van der Waals surface area (Å²) in [6, 6.07) is 6.24. The number of rotatable bonds is 5. The first-order valence-corrected chi connectivity index (χ1v) is 9.96. The summed E-state index contributed by atoms with van der Waals surface area (Å²) in [7, 11) is 2.07. The fourth-order valence-corrected chi connectivity index (χ4v) is 4.15. The van der Waals surface area contributed by atoms with Crippen LogP contribution in [0.1, 0.15) is 18.4 Å². The van der Waals surface area contributed by atoms with Crippen LogP contribution in [0.4, 0.5) is 4.39 Å². The summed E-state index contributed by atoms with van der Waals surface area (Å²) in [4.78, 5) is 20.6. The highest BCUT2D eigenvalue weighted by molar-refractivity contribution is 5.82. The Bertz CT molecular complexity index is 692. The minimum absolute atomic E-state index is 0.0115. The number of hydrazine groups is 1. The van der Waals surface area contributed by atoms with Gasteiger partial charge in [0.15, 0.2) is 0 Å². The second-order valence-corrected chi connectivity index (χ2v) is 7.87. The highest BCUT2D eigenvalue weighted by Gasteiger charge is 2.39. The van der Waals surface area contributed by atoms with Gasteiger partial charge in [0, 0.05) is 32.6 Å². The maximum Gasteiger partial charge on any atom is 0.239 e. The average molecular weight is 392 g/mol. The molecule has 4 N–H and O–H groups in total. The molecular weight excluding hydrogens is 363 g/mol. The Labute approximate surface area is 164 Å². The Balaban J connectivity index is 1.23. The molecule has 0 aliphatic carbocycles.